The number of aromatic hydroxyl groups is 1. The van der Waals surface area contributed by atoms with E-state index in [-0.39, 0.29) is 16.6 Å². The lowest BCUT2D eigenvalue weighted by atomic mass is 9.78. The Morgan fingerprint density at radius 1 is 1.05 bits per heavy atom. The van der Waals surface area contributed by atoms with Gasteiger partial charge in [-0.3, -0.25) is 0 Å². The molecule has 0 aliphatic heterocycles. The predicted octanol–water partition coefficient (Wildman–Crippen LogP) is 4.23. The molecule has 0 atom stereocenters. The number of phenols is 1. The van der Waals surface area contributed by atoms with Crippen LogP contribution in [-0.4, -0.2) is 16.8 Å². The van der Waals surface area contributed by atoms with Crippen molar-refractivity contribution in [2.24, 2.45) is 5.73 Å². The van der Waals surface area contributed by atoms with Gasteiger partial charge in [0.2, 0.25) is 0 Å². The molecule has 1 aromatic carbocycles. The van der Waals surface area contributed by atoms with E-state index in [1.165, 1.54) is 0 Å². The van der Waals surface area contributed by atoms with E-state index in [9.17, 15) is 10.2 Å². The van der Waals surface area contributed by atoms with Gasteiger partial charge < -0.3 is 15.9 Å². The number of aliphatic hydroxyl groups is 1. The fourth-order valence-corrected chi connectivity index (χ4v) is 2.30. The minimum atomic E-state index is -0.169. The SMILES string of the molecule is CC(C)(C)c1cc(C=C(O)CCN)cc(C(C)(C)C)c1O. The molecule has 0 aliphatic rings. The number of rotatable bonds is 3. The summed E-state index contributed by atoms with van der Waals surface area (Å²) in [5.74, 6) is 0.619. The third kappa shape index (κ3) is 4.50. The molecule has 0 heterocycles. The monoisotopic (exact) mass is 291 g/mol. The summed E-state index contributed by atoms with van der Waals surface area (Å²) >= 11 is 0. The lowest BCUT2D eigenvalue weighted by molar-refractivity contribution is 0.396. The van der Waals surface area contributed by atoms with E-state index >= 15 is 0 Å². The third-order valence-corrected chi connectivity index (χ3v) is 3.48. The van der Waals surface area contributed by atoms with E-state index in [1.807, 2.05) is 12.1 Å². The van der Waals surface area contributed by atoms with Gasteiger partial charge in [-0.2, -0.15) is 0 Å². The fraction of sp³-hybridized carbons (Fsp3) is 0.556. The molecule has 21 heavy (non-hydrogen) atoms. The van der Waals surface area contributed by atoms with Crippen molar-refractivity contribution >= 4 is 6.08 Å². The van der Waals surface area contributed by atoms with Crippen molar-refractivity contribution in [3.8, 4) is 5.75 Å². The van der Waals surface area contributed by atoms with E-state index in [2.05, 4.69) is 41.5 Å². The molecule has 3 nitrogen and oxygen atoms in total. The average Bonchev–Trinajstić information content (AvgIpc) is 2.28. The first kappa shape index (κ1) is 17.6. The van der Waals surface area contributed by atoms with Gasteiger partial charge in [0.15, 0.2) is 0 Å². The maximum atomic E-state index is 10.6. The van der Waals surface area contributed by atoms with Gasteiger partial charge in [-0.1, -0.05) is 41.5 Å². The van der Waals surface area contributed by atoms with Gasteiger partial charge in [-0.05, 0) is 41.1 Å². The Bertz CT molecular complexity index is 496. The molecule has 3 heteroatoms. The first-order valence-electron chi connectivity index (χ1n) is 7.44. The number of nitrogens with two attached hydrogens (primary N) is 1. The summed E-state index contributed by atoms with van der Waals surface area (Å²) in [6.45, 7) is 12.8. The standard InChI is InChI=1S/C18H29NO2/c1-17(2,3)14-10-12(9-13(20)7-8-19)11-15(16(14)21)18(4,5)6/h9-11,20-21H,7-8,19H2,1-6H3. The molecular weight excluding hydrogens is 262 g/mol. The van der Waals surface area contributed by atoms with Gasteiger partial charge in [0, 0.05) is 17.5 Å². The Hall–Kier alpha value is -1.48. The molecule has 1 aromatic rings. The number of aliphatic hydroxyl groups excluding tert-OH is 1. The number of benzene rings is 1. The van der Waals surface area contributed by atoms with E-state index in [0.29, 0.717) is 18.7 Å². The van der Waals surface area contributed by atoms with Crippen LogP contribution >= 0.6 is 0 Å². The quantitative estimate of drug-likeness (QED) is 0.730. The van der Waals surface area contributed by atoms with Gasteiger partial charge in [-0.25, -0.2) is 0 Å². The van der Waals surface area contributed by atoms with E-state index in [0.717, 1.165) is 16.7 Å². The highest BCUT2D eigenvalue weighted by Crippen LogP contribution is 2.40. The van der Waals surface area contributed by atoms with Crippen LogP contribution in [0.2, 0.25) is 0 Å². The Morgan fingerprint density at radius 3 is 1.81 bits per heavy atom. The molecule has 0 bridgehead atoms. The fourth-order valence-electron chi connectivity index (χ4n) is 2.30. The van der Waals surface area contributed by atoms with E-state index in [4.69, 9.17) is 5.73 Å². The minimum absolute atomic E-state index is 0.169. The van der Waals surface area contributed by atoms with Crippen LogP contribution in [0.15, 0.2) is 17.9 Å². The molecule has 4 N–H and O–H groups in total. The van der Waals surface area contributed by atoms with E-state index < -0.39 is 0 Å². The topological polar surface area (TPSA) is 66.5 Å². The van der Waals surface area contributed by atoms with Crippen molar-refractivity contribution in [1.29, 1.82) is 0 Å². The molecule has 0 aliphatic carbocycles. The Balaban J connectivity index is 3.52. The molecule has 0 aromatic heterocycles. The lowest BCUT2D eigenvalue weighted by Crippen LogP contribution is -2.17. The third-order valence-electron chi connectivity index (χ3n) is 3.48. The largest absolute Gasteiger partial charge is 0.512 e. The zero-order chi connectivity index (χ0) is 16.4. The zero-order valence-electron chi connectivity index (χ0n) is 14.1. The van der Waals surface area contributed by atoms with Crippen molar-refractivity contribution in [2.75, 3.05) is 6.54 Å². The molecule has 1 rings (SSSR count). The van der Waals surface area contributed by atoms with E-state index in [1.54, 1.807) is 6.08 Å². The van der Waals surface area contributed by atoms with Gasteiger partial charge in [0.25, 0.3) is 0 Å². The molecule has 0 unspecified atom stereocenters. The number of hydrogen-bond donors (Lipinski definition) is 3. The second kappa shape index (κ2) is 6.10. The lowest BCUT2D eigenvalue weighted by Gasteiger charge is -2.28. The van der Waals surface area contributed by atoms with Gasteiger partial charge >= 0.3 is 0 Å². The van der Waals surface area contributed by atoms with Crippen molar-refractivity contribution in [3.63, 3.8) is 0 Å². The van der Waals surface area contributed by atoms with Crippen LogP contribution in [0, 0.1) is 0 Å². The van der Waals surface area contributed by atoms with Crippen LogP contribution in [0.3, 0.4) is 0 Å². The molecule has 0 saturated carbocycles. The first-order valence-corrected chi connectivity index (χ1v) is 7.44. The summed E-state index contributed by atoms with van der Waals surface area (Å²) in [6, 6.07) is 3.88. The van der Waals surface area contributed by atoms with Gasteiger partial charge in [0.1, 0.15) is 5.75 Å². The normalized spacial score (nSPS) is 13.6. The molecular formula is C18H29NO2. The highest BCUT2D eigenvalue weighted by atomic mass is 16.3. The summed E-state index contributed by atoms with van der Waals surface area (Å²) in [4.78, 5) is 0. The molecule has 0 amide bonds. The Labute approximate surface area is 128 Å². The smallest absolute Gasteiger partial charge is 0.123 e. The maximum absolute atomic E-state index is 10.6. The maximum Gasteiger partial charge on any atom is 0.123 e. The number of phenolic OH excluding ortho intramolecular Hbond substituents is 1. The summed E-state index contributed by atoms with van der Waals surface area (Å²) in [5, 5.41) is 20.5. The summed E-state index contributed by atoms with van der Waals surface area (Å²) in [6.07, 6.45) is 2.19. The van der Waals surface area contributed by atoms with Crippen LogP contribution in [0.1, 0.15) is 64.7 Å². The molecule has 0 fully saturated rings. The van der Waals surface area contributed by atoms with Crippen LogP contribution in [0.25, 0.3) is 6.08 Å². The summed E-state index contributed by atoms with van der Waals surface area (Å²) in [5.41, 5.74) is 7.80. The van der Waals surface area contributed by atoms with Crippen molar-refractivity contribution in [1.82, 2.24) is 0 Å². The van der Waals surface area contributed by atoms with Crippen LogP contribution in [0.5, 0.6) is 5.75 Å². The highest BCUT2D eigenvalue weighted by molar-refractivity contribution is 5.60. The van der Waals surface area contributed by atoms with Crippen LogP contribution < -0.4 is 5.73 Å². The molecule has 0 saturated heterocycles. The molecule has 0 radical (unpaired) electrons. The minimum Gasteiger partial charge on any atom is -0.512 e. The van der Waals surface area contributed by atoms with Crippen molar-refractivity contribution in [2.45, 2.75) is 58.8 Å². The average molecular weight is 291 g/mol. The Morgan fingerprint density at radius 2 is 1.48 bits per heavy atom. The molecule has 0 spiro atoms. The van der Waals surface area contributed by atoms with Gasteiger partial charge in [0.05, 0.1) is 5.76 Å². The second-order valence-electron chi connectivity index (χ2n) is 7.64. The second-order valence-corrected chi connectivity index (χ2v) is 7.64. The van der Waals surface area contributed by atoms with Gasteiger partial charge in [-0.15, -0.1) is 0 Å². The highest BCUT2D eigenvalue weighted by Gasteiger charge is 2.26. The van der Waals surface area contributed by atoms with Crippen LogP contribution in [-0.2, 0) is 10.8 Å². The zero-order valence-corrected chi connectivity index (χ0v) is 14.1. The van der Waals surface area contributed by atoms with Crippen LogP contribution in [0.4, 0.5) is 0 Å². The number of hydrogen-bond acceptors (Lipinski definition) is 3. The van der Waals surface area contributed by atoms with Crippen molar-refractivity contribution in [3.05, 3.63) is 34.6 Å². The first-order chi connectivity index (χ1) is 9.46. The predicted molar refractivity (Wildman–Crippen MR) is 89.8 cm³/mol. The molecule has 118 valence electrons. The summed E-state index contributed by atoms with van der Waals surface area (Å²) in [7, 11) is 0. The summed E-state index contributed by atoms with van der Waals surface area (Å²) < 4.78 is 0. The van der Waals surface area contributed by atoms with Crippen molar-refractivity contribution < 1.29 is 10.2 Å². The Kier molecular flexibility index (Phi) is 5.11.